The molecule has 1 aromatic carbocycles. The molecule has 3 rings (SSSR count). The van der Waals surface area contributed by atoms with Crippen molar-refractivity contribution in [3.8, 4) is 11.4 Å². The van der Waals surface area contributed by atoms with Crippen LogP contribution in [-0.2, 0) is 7.05 Å². The molecule has 5 heteroatoms. The van der Waals surface area contributed by atoms with Crippen LogP contribution < -0.4 is 0 Å². The maximum Gasteiger partial charge on any atom is 0.141 e. The third-order valence-corrected chi connectivity index (χ3v) is 2.42. The molecule has 0 saturated carbocycles. The quantitative estimate of drug-likeness (QED) is 0.677. The summed E-state index contributed by atoms with van der Waals surface area (Å²) in [7, 11) is 1.84. The van der Waals surface area contributed by atoms with E-state index in [1.165, 1.54) is 12.1 Å². The number of hydrogen-bond donors (Lipinski definition) is 1. The molecule has 4 nitrogen and oxygen atoms in total. The third-order valence-electron chi connectivity index (χ3n) is 2.42. The average molecular weight is 216 g/mol. The van der Waals surface area contributed by atoms with Crippen molar-refractivity contribution in [3.05, 3.63) is 36.4 Å². The number of imidazole rings is 1. The summed E-state index contributed by atoms with van der Waals surface area (Å²) in [6, 6.07) is 4.49. The highest BCUT2D eigenvalue weighted by Gasteiger charge is 2.07. The lowest BCUT2D eigenvalue weighted by Crippen LogP contribution is -1.84. The monoisotopic (exact) mass is 216 g/mol. The van der Waals surface area contributed by atoms with Crippen molar-refractivity contribution in [1.29, 1.82) is 0 Å². The number of halogens is 1. The molecule has 0 fully saturated rings. The van der Waals surface area contributed by atoms with E-state index in [1.807, 2.05) is 13.2 Å². The molecule has 0 radical (unpaired) electrons. The zero-order chi connectivity index (χ0) is 11.1. The lowest BCUT2D eigenvalue weighted by atomic mass is 10.3. The van der Waals surface area contributed by atoms with Gasteiger partial charge in [-0.3, -0.25) is 4.68 Å². The lowest BCUT2D eigenvalue weighted by Gasteiger charge is -1.87. The van der Waals surface area contributed by atoms with Crippen LogP contribution in [0.2, 0.25) is 0 Å². The molecule has 0 bridgehead atoms. The van der Waals surface area contributed by atoms with Crippen LogP contribution in [0.1, 0.15) is 0 Å². The Labute approximate surface area is 90.7 Å². The van der Waals surface area contributed by atoms with Crippen molar-refractivity contribution >= 4 is 11.0 Å². The van der Waals surface area contributed by atoms with E-state index in [9.17, 15) is 4.39 Å². The van der Waals surface area contributed by atoms with Gasteiger partial charge in [-0.1, -0.05) is 0 Å². The Hall–Kier alpha value is -2.17. The summed E-state index contributed by atoms with van der Waals surface area (Å²) in [4.78, 5) is 7.42. The second kappa shape index (κ2) is 3.16. The van der Waals surface area contributed by atoms with Crippen molar-refractivity contribution < 1.29 is 4.39 Å². The number of aromatic amines is 1. The van der Waals surface area contributed by atoms with E-state index in [1.54, 1.807) is 16.9 Å². The smallest absolute Gasteiger partial charge is 0.141 e. The first-order chi connectivity index (χ1) is 7.72. The zero-order valence-corrected chi connectivity index (χ0v) is 8.61. The predicted octanol–water partition coefficient (Wildman–Crippen LogP) is 2.10. The number of hydrogen-bond acceptors (Lipinski definition) is 2. The third kappa shape index (κ3) is 1.37. The number of rotatable bonds is 1. The molecule has 2 heterocycles. The van der Waals surface area contributed by atoms with E-state index in [0.29, 0.717) is 11.3 Å². The van der Waals surface area contributed by atoms with E-state index in [0.717, 1.165) is 11.1 Å². The molecule has 2 aromatic heterocycles. The minimum atomic E-state index is -0.270. The van der Waals surface area contributed by atoms with Gasteiger partial charge in [0.1, 0.15) is 11.6 Å². The molecular formula is C11H9FN4. The predicted molar refractivity (Wildman–Crippen MR) is 58.3 cm³/mol. The summed E-state index contributed by atoms with van der Waals surface area (Å²) < 4.78 is 14.7. The Morgan fingerprint density at radius 1 is 1.38 bits per heavy atom. The molecule has 0 aliphatic carbocycles. The van der Waals surface area contributed by atoms with Crippen LogP contribution in [-0.4, -0.2) is 19.7 Å². The highest BCUT2D eigenvalue weighted by molar-refractivity contribution is 5.79. The average Bonchev–Trinajstić information content (AvgIpc) is 2.83. The first-order valence-electron chi connectivity index (χ1n) is 4.87. The van der Waals surface area contributed by atoms with Crippen LogP contribution in [0.4, 0.5) is 4.39 Å². The Balaban J connectivity index is 2.18. The van der Waals surface area contributed by atoms with Gasteiger partial charge in [0.25, 0.3) is 0 Å². The summed E-state index contributed by atoms with van der Waals surface area (Å²) >= 11 is 0. The largest absolute Gasteiger partial charge is 0.338 e. The van der Waals surface area contributed by atoms with Crippen molar-refractivity contribution in [2.24, 2.45) is 7.05 Å². The van der Waals surface area contributed by atoms with E-state index < -0.39 is 0 Å². The van der Waals surface area contributed by atoms with Gasteiger partial charge in [-0.05, 0) is 18.2 Å². The van der Waals surface area contributed by atoms with Gasteiger partial charge in [0.2, 0.25) is 0 Å². The summed E-state index contributed by atoms with van der Waals surface area (Å²) in [6.07, 6.45) is 3.57. The van der Waals surface area contributed by atoms with E-state index in [4.69, 9.17) is 0 Å². The Morgan fingerprint density at radius 2 is 2.25 bits per heavy atom. The molecule has 16 heavy (non-hydrogen) atoms. The van der Waals surface area contributed by atoms with Crippen LogP contribution in [0.25, 0.3) is 22.4 Å². The molecule has 0 unspecified atom stereocenters. The molecule has 80 valence electrons. The van der Waals surface area contributed by atoms with Crippen LogP contribution in [0, 0.1) is 5.82 Å². The minimum Gasteiger partial charge on any atom is -0.338 e. The van der Waals surface area contributed by atoms with E-state index in [2.05, 4.69) is 15.1 Å². The molecule has 1 N–H and O–H groups in total. The fourth-order valence-corrected chi connectivity index (χ4v) is 1.66. The maximum atomic E-state index is 13.0. The molecular weight excluding hydrogens is 207 g/mol. The number of nitrogens with one attached hydrogen (secondary N) is 1. The maximum absolute atomic E-state index is 13.0. The molecule has 0 amide bonds. The number of aromatic nitrogens is 4. The molecule has 0 aliphatic rings. The van der Waals surface area contributed by atoms with Gasteiger partial charge >= 0.3 is 0 Å². The second-order valence-corrected chi connectivity index (χ2v) is 3.65. The number of nitrogens with zero attached hydrogens (tertiary/aromatic N) is 3. The summed E-state index contributed by atoms with van der Waals surface area (Å²) in [5, 5.41) is 4.06. The SMILES string of the molecule is Cn1cc(-c2nc3ccc(F)cc3[nH]2)cn1. The van der Waals surface area contributed by atoms with Crippen molar-refractivity contribution in [1.82, 2.24) is 19.7 Å². The van der Waals surface area contributed by atoms with Crippen LogP contribution >= 0.6 is 0 Å². The van der Waals surface area contributed by atoms with Crippen LogP contribution in [0.5, 0.6) is 0 Å². The van der Waals surface area contributed by atoms with Gasteiger partial charge < -0.3 is 4.98 Å². The van der Waals surface area contributed by atoms with Gasteiger partial charge in [0, 0.05) is 13.2 Å². The number of H-pyrrole nitrogens is 1. The summed E-state index contributed by atoms with van der Waals surface area (Å²) in [5.74, 6) is 0.433. The fourth-order valence-electron chi connectivity index (χ4n) is 1.66. The molecule has 0 spiro atoms. The standard InChI is InChI=1S/C11H9FN4/c1-16-6-7(5-13-16)11-14-9-3-2-8(12)4-10(9)15-11/h2-6H,1H3,(H,14,15). The minimum absolute atomic E-state index is 0.270. The highest BCUT2D eigenvalue weighted by Crippen LogP contribution is 2.20. The fraction of sp³-hybridized carbons (Fsp3) is 0.0909. The number of aryl methyl sites for hydroxylation is 1. The topological polar surface area (TPSA) is 46.5 Å². The molecule has 0 saturated heterocycles. The van der Waals surface area contributed by atoms with E-state index >= 15 is 0 Å². The van der Waals surface area contributed by atoms with Gasteiger partial charge in [-0.15, -0.1) is 0 Å². The summed E-state index contributed by atoms with van der Waals surface area (Å²) in [6.45, 7) is 0. The zero-order valence-electron chi connectivity index (χ0n) is 8.61. The van der Waals surface area contributed by atoms with Crippen LogP contribution in [0.15, 0.2) is 30.6 Å². The first-order valence-corrected chi connectivity index (χ1v) is 4.87. The van der Waals surface area contributed by atoms with Crippen molar-refractivity contribution in [2.45, 2.75) is 0 Å². The Morgan fingerprint density at radius 3 is 3.00 bits per heavy atom. The molecule has 3 aromatic rings. The van der Waals surface area contributed by atoms with Gasteiger partial charge in [0.15, 0.2) is 0 Å². The van der Waals surface area contributed by atoms with Crippen molar-refractivity contribution in [2.75, 3.05) is 0 Å². The number of benzene rings is 1. The van der Waals surface area contributed by atoms with Gasteiger partial charge in [-0.2, -0.15) is 5.10 Å². The van der Waals surface area contributed by atoms with Gasteiger partial charge in [-0.25, -0.2) is 9.37 Å². The van der Waals surface area contributed by atoms with Gasteiger partial charge in [0.05, 0.1) is 22.8 Å². The normalized spacial score (nSPS) is 11.1. The summed E-state index contributed by atoms with van der Waals surface area (Å²) in [5.41, 5.74) is 2.33. The Bertz CT molecular complexity index is 653. The lowest BCUT2D eigenvalue weighted by molar-refractivity contribution is 0.629. The molecule has 0 aliphatic heterocycles. The second-order valence-electron chi connectivity index (χ2n) is 3.65. The first kappa shape index (κ1) is 9.08. The highest BCUT2D eigenvalue weighted by atomic mass is 19.1. The van der Waals surface area contributed by atoms with Crippen LogP contribution in [0.3, 0.4) is 0 Å². The molecule has 0 atom stereocenters. The van der Waals surface area contributed by atoms with Crippen molar-refractivity contribution in [3.63, 3.8) is 0 Å². The van der Waals surface area contributed by atoms with E-state index in [-0.39, 0.29) is 5.82 Å². The Kier molecular flexibility index (Phi) is 1.80. The number of fused-ring (bicyclic) bond motifs is 1.